The molecule has 11 rings (SSSR count). The Morgan fingerprint density at radius 2 is 0.755 bits per heavy atom. The molecule has 1 heterocycles. The number of aliphatic hydroxyl groups is 1. The van der Waals surface area contributed by atoms with E-state index >= 15 is 0 Å². The van der Waals surface area contributed by atoms with Gasteiger partial charge >= 0.3 is 6.18 Å². The first-order valence-electron chi connectivity index (χ1n) is 51.6. The number of nitro benzene ring substituents is 5. The van der Waals surface area contributed by atoms with Crippen LogP contribution >= 0.6 is 0 Å². The molecule has 0 amide bonds. The summed E-state index contributed by atoms with van der Waals surface area (Å²) in [5.74, 6) is 12.4. The van der Waals surface area contributed by atoms with E-state index in [4.69, 9.17) is 14.3 Å². The lowest BCUT2D eigenvalue weighted by molar-refractivity contribution is -0.394. The minimum atomic E-state index is -3.98. The van der Waals surface area contributed by atoms with E-state index in [0.29, 0.717) is 47.7 Å². The smallest absolute Gasteiger partial charge is 0.389 e. The molecule has 6 aromatic carbocycles. The molecule has 21 heteroatoms. The number of aliphatic hydroxyl groups excluding tert-OH is 1. The predicted molar refractivity (Wildman–Crippen MR) is 589 cm³/mol. The van der Waals surface area contributed by atoms with Crippen molar-refractivity contribution in [1.29, 1.82) is 0 Å². The van der Waals surface area contributed by atoms with E-state index in [0.717, 1.165) is 106 Å². The highest BCUT2D eigenvalue weighted by atomic mass is 19.4. The van der Waals surface area contributed by atoms with Crippen molar-refractivity contribution in [2.24, 2.45) is 88.3 Å². The molecule has 4 bridgehead atoms. The maximum absolute atomic E-state index is 11.3. The van der Waals surface area contributed by atoms with Crippen molar-refractivity contribution in [3.05, 3.63) is 260 Å². The first-order valence-corrected chi connectivity index (χ1v) is 51.6. The molecular formula is C118H202F3N5O13. The maximum Gasteiger partial charge on any atom is 0.389 e. The van der Waals surface area contributed by atoms with Crippen LogP contribution < -0.4 is 0 Å². The molecule has 0 saturated heterocycles. The number of hydrogen-bond acceptors (Lipinski definition) is 13. The summed E-state index contributed by atoms with van der Waals surface area (Å²) in [7, 11) is 1.70. The third-order valence-corrected chi connectivity index (χ3v) is 20.5. The maximum atomic E-state index is 11.3. The zero-order valence-electron chi connectivity index (χ0n) is 93.4. The van der Waals surface area contributed by atoms with Gasteiger partial charge < -0.3 is 14.3 Å². The van der Waals surface area contributed by atoms with Crippen LogP contribution in [0.25, 0.3) is 0 Å². The summed E-state index contributed by atoms with van der Waals surface area (Å²) in [5.41, 5.74) is 7.36. The fraction of sp³-hybridized carbons (Fsp3) is 0.661. The molecule has 4 fully saturated rings. The standard InChI is InChI=1S/C14H24.C10H12N2O4.3C10H13NO2.C10H14.C9H12.C7H10O.C7H16.C6H14.C5H9F3.C5H12.C4H10O.C4H10.C3H8O.C3H8.CH4/c1-10(2)6-14-7-11-3-12(8-14)5-13(4-11)9-14;1-7(2)5-8-3-4-9(11(13)14)6-10(8)12(15)16;1-8(2)7-9-3-5-10(6-4-9)11(12)13;1-8(2)6-9-4-3-5-10(7-9)11(12)13;1-8(2)7-9-5-3-4-6-10(9)11(12)13;1-9(2)8-10-6-4-3-5-7-10;1-8(2)9-6-4-3-5-7-9;1-6(2)7-4-3-5-8-7;1-4-5-6-7(2)3;1-4-5-6(2)3;1-4(2)3-5(6,7)8;1-4-5(2)3;1-4(2)5-3;1-4(2)3;1-3(2)4;1-3-2;/h10-13H,3-9H2,1-2H3;3-4,6-7H,5H2,1-2H3;3-6,8H,7H2,1-2H3;3-5,7-8H,6H2,1-2H3;3-6,8H,7H2,1-2H3;3-7,9H,8H2,1-2H3;3-8H,1-2H3;3-6H,1-2H3;7H,4-6H2,1-3H3;6H,4-5H2,1-3H3;4H,3H2,1-2H3;5H,4H2,1-3H3;4H,1-3H3;4H,1-3H3;3-4H,1-2H3;3H2,1-2H3;1H4. The number of benzene rings is 6. The Bertz CT molecular complexity index is 4010. The van der Waals surface area contributed by atoms with Gasteiger partial charge in [0.05, 0.1) is 43.1 Å². The number of unbranched alkanes of at least 4 members (excludes halogenated alkanes) is 1. The Kier molecular flexibility index (Phi) is 87.6. The Hall–Kier alpha value is -8.69. The summed E-state index contributed by atoms with van der Waals surface area (Å²) in [6.45, 7) is 75.8. The van der Waals surface area contributed by atoms with Crippen LogP contribution in [0.15, 0.2) is 174 Å². The molecule has 0 aliphatic heterocycles. The normalized spacial score (nSPS) is 14.2. The number of furan rings is 1. The van der Waals surface area contributed by atoms with E-state index in [1.165, 1.54) is 87.1 Å². The van der Waals surface area contributed by atoms with E-state index in [1.807, 2.05) is 76.2 Å². The van der Waals surface area contributed by atoms with Gasteiger partial charge in [0.2, 0.25) is 0 Å². The highest BCUT2D eigenvalue weighted by molar-refractivity contribution is 5.49. The molecular weight excluding hydrogens is 1750 g/mol. The van der Waals surface area contributed by atoms with Crippen molar-refractivity contribution in [3.63, 3.8) is 0 Å². The van der Waals surface area contributed by atoms with Crippen molar-refractivity contribution in [1.82, 2.24) is 0 Å². The first-order chi connectivity index (χ1) is 64.1. The molecule has 4 aliphatic carbocycles. The zero-order chi connectivity index (χ0) is 108. The Labute approximate surface area is 846 Å². The van der Waals surface area contributed by atoms with E-state index in [-0.39, 0.29) is 68.6 Å². The molecule has 798 valence electrons. The van der Waals surface area contributed by atoms with E-state index in [9.17, 15) is 63.7 Å². The van der Waals surface area contributed by atoms with Gasteiger partial charge in [-0.1, -0.05) is 377 Å². The van der Waals surface area contributed by atoms with Crippen molar-refractivity contribution < 1.29 is 52.0 Å². The molecule has 4 saturated carbocycles. The largest absolute Gasteiger partial charge is 0.469 e. The van der Waals surface area contributed by atoms with E-state index in [1.54, 1.807) is 116 Å². The van der Waals surface area contributed by atoms with Crippen molar-refractivity contribution in [2.45, 2.75) is 415 Å². The summed E-state index contributed by atoms with van der Waals surface area (Å²) >= 11 is 0. The average molecular weight is 1960 g/mol. The fourth-order valence-electron chi connectivity index (χ4n) is 14.8. The SMILES string of the molecule is C.CC(C)C.CC(C)CC(F)(F)F.CC(C)CC12CC3CC(CC(C3)C1)C2.CC(C)Cc1ccc([N+](=O)[O-])cc1.CC(C)Cc1ccc([N+](=O)[O-])cc1[N+](=O)[O-].CC(C)Cc1cccc([N+](=O)[O-])c1.CC(C)Cc1ccccc1.CC(C)Cc1ccccc1[N+](=O)[O-].CC(C)O.CC(C)c1ccccc1.CC(C)c1ccco1.CCC.CCC(C)C.CCCC(C)C.CCCCC(C)C.COC(C)C. The van der Waals surface area contributed by atoms with Crippen LogP contribution in [0.1, 0.15) is 404 Å². The van der Waals surface area contributed by atoms with E-state index < -0.39 is 22.4 Å². The number of halogens is 3. The second kappa shape index (κ2) is 84.9. The highest BCUT2D eigenvalue weighted by Crippen LogP contribution is 2.62. The van der Waals surface area contributed by atoms with E-state index in [2.05, 4.69) is 248 Å². The molecule has 7 aromatic rings. The zero-order valence-corrected chi connectivity index (χ0v) is 93.4. The number of non-ortho nitro benzene ring substituents is 3. The van der Waals surface area contributed by atoms with Gasteiger partial charge in [-0.15, -0.1) is 0 Å². The summed E-state index contributed by atoms with van der Waals surface area (Å²) in [4.78, 5) is 50.4. The number of para-hydroxylation sites is 1. The van der Waals surface area contributed by atoms with Gasteiger partial charge in [0.1, 0.15) is 5.76 Å². The third kappa shape index (κ3) is 88.0. The molecule has 139 heavy (non-hydrogen) atoms. The minimum Gasteiger partial charge on any atom is -0.469 e. The molecule has 0 radical (unpaired) electrons. The topological polar surface area (TPSA) is 258 Å². The third-order valence-electron chi connectivity index (χ3n) is 20.5. The van der Waals surface area contributed by atoms with Gasteiger partial charge in [-0.05, 0) is 239 Å². The Balaban J connectivity index is -0.000000272. The molecule has 1 N–H and O–H groups in total. The van der Waals surface area contributed by atoms with Crippen molar-refractivity contribution in [2.75, 3.05) is 7.11 Å². The lowest BCUT2D eigenvalue weighted by Gasteiger charge is -2.57. The van der Waals surface area contributed by atoms with Crippen LogP contribution in [0.2, 0.25) is 0 Å². The number of nitro groups is 5. The van der Waals surface area contributed by atoms with Crippen LogP contribution in [0.4, 0.5) is 41.6 Å². The quantitative estimate of drug-likeness (QED) is 0.0371. The van der Waals surface area contributed by atoms with Gasteiger partial charge in [0.15, 0.2) is 0 Å². The Morgan fingerprint density at radius 3 is 1.04 bits per heavy atom. The molecule has 18 nitrogen and oxygen atoms in total. The first kappa shape index (κ1) is 143. The summed E-state index contributed by atoms with van der Waals surface area (Å²) in [6, 6.07) is 49.3. The second-order valence-electron chi connectivity index (χ2n) is 42.8. The summed E-state index contributed by atoms with van der Waals surface area (Å²) in [5, 5.41) is 60.7. The fourth-order valence-corrected chi connectivity index (χ4v) is 14.8. The van der Waals surface area contributed by atoms with Gasteiger partial charge in [0.25, 0.3) is 28.4 Å². The van der Waals surface area contributed by atoms with Crippen LogP contribution in [-0.4, -0.2) is 55.2 Å². The van der Waals surface area contributed by atoms with Crippen LogP contribution in [0.5, 0.6) is 0 Å². The molecule has 4 aliphatic rings. The number of rotatable bonds is 27. The van der Waals surface area contributed by atoms with Gasteiger partial charge in [0, 0.05) is 73.1 Å². The predicted octanol–water partition coefficient (Wildman–Crippen LogP) is 38.5. The molecule has 0 spiro atoms. The molecule has 0 unspecified atom stereocenters. The lowest BCUT2D eigenvalue weighted by Crippen LogP contribution is -2.46. The number of nitrogens with zero attached hydrogens (tertiary/aromatic N) is 5. The molecule has 0 atom stereocenters. The van der Waals surface area contributed by atoms with Crippen LogP contribution in [0.3, 0.4) is 0 Å². The highest BCUT2D eigenvalue weighted by Gasteiger charge is 2.50. The number of methoxy groups -OCH3 is 1. The summed E-state index contributed by atoms with van der Waals surface area (Å²) < 4.78 is 43.8. The van der Waals surface area contributed by atoms with Gasteiger partial charge in [-0.3, -0.25) is 50.6 Å². The second-order valence-corrected chi connectivity index (χ2v) is 42.8. The van der Waals surface area contributed by atoms with Crippen molar-refractivity contribution in [3.8, 4) is 0 Å². The monoisotopic (exact) mass is 1950 g/mol. The average Bonchev–Trinajstić information content (AvgIpc) is 1.19. The summed E-state index contributed by atoms with van der Waals surface area (Å²) in [6.07, 6.45) is 22.1. The van der Waals surface area contributed by atoms with Crippen molar-refractivity contribution >= 4 is 28.4 Å². The minimum absolute atomic E-state index is 0. The lowest BCUT2D eigenvalue weighted by atomic mass is 9.48. The molecule has 1 aromatic heterocycles. The van der Waals surface area contributed by atoms with Gasteiger partial charge in [-0.25, -0.2) is 0 Å². The number of hydrogen-bond donors (Lipinski definition) is 1. The Morgan fingerprint density at radius 1 is 0.396 bits per heavy atom. The number of ether oxygens (including phenoxy) is 1. The van der Waals surface area contributed by atoms with Crippen LogP contribution in [-0.2, 0) is 36.8 Å². The van der Waals surface area contributed by atoms with Gasteiger partial charge in [-0.2, -0.15) is 13.2 Å². The van der Waals surface area contributed by atoms with Crippen LogP contribution in [0, 0.1) is 139 Å². The number of alkyl halides is 3.